The van der Waals surface area contributed by atoms with Crippen molar-refractivity contribution in [1.82, 2.24) is 5.32 Å². The van der Waals surface area contributed by atoms with Crippen molar-refractivity contribution in [3.8, 4) is 28.4 Å². The topological polar surface area (TPSA) is 135 Å². The third-order valence-corrected chi connectivity index (χ3v) is 7.05. The number of hydrogen-bond donors (Lipinski definition) is 4. The van der Waals surface area contributed by atoms with E-state index in [9.17, 15) is 24.9 Å². The van der Waals surface area contributed by atoms with E-state index in [2.05, 4.69) is 5.32 Å². The van der Waals surface area contributed by atoms with Crippen molar-refractivity contribution in [3.05, 3.63) is 75.3 Å². The molecule has 1 aliphatic heterocycles. The summed E-state index contributed by atoms with van der Waals surface area (Å²) in [6.07, 6.45) is -0.422. The molecule has 0 amide bonds. The fourth-order valence-corrected chi connectivity index (χ4v) is 4.76. The fraction of sp³-hybridized carbons (Fsp3) is 0.310. The lowest BCUT2D eigenvalue weighted by Gasteiger charge is -2.21. The summed E-state index contributed by atoms with van der Waals surface area (Å²) >= 11 is 12.7. The first-order valence-corrected chi connectivity index (χ1v) is 13.2. The molecule has 4 rings (SSSR count). The SMILES string of the molecule is Cc1ccc(Cl)c(OCC(O)CNC(C)Cc2ccc3c(c2-c2cc(C)ccc2Cl)OC(C(=O)O)(C(=O)O)O3)c1. The first-order chi connectivity index (χ1) is 18.9. The molecule has 2 atom stereocenters. The zero-order valence-corrected chi connectivity index (χ0v) is 23.5. The number of hydrogen-bond acceptors (Lipinski definition) is 7. The molecule has 11 heteroatoms. The molecule has 3 aromatic rings. The number of aliphatic hydroxyl groups excluding tert-OH is 1. The van der Waals surface area contributed by atoms with Crippen LogP contribution in [-0.2, 0) is 16.0 Å². The number of benzene rings is 3. The van der Waals surface area contributed by atoms with E-state index in [0.29, 0.717) is 38.9 Å². The highest BCUT2D eigenvalue weighted by atomic mass is 35.5. The Hall–Kier alpha value is -3.50. The third kappa shape index (κ3) is 6.13. The lowest BCUT2D eigenvalue weighted by atomic mass is 9.93. The second kappa shape index (κ2) is 11.9. The maximum atomic E-state index is 11.9. The van der Waals surface area contributed by atoms with E-state index in [4.69, 9.17) is 37.4 Å². The van der Waals surface area contributed by atoms with Crippen LogP contribution in [0.3, 0.4) is 0 Å². The minimum Gasteiger partial charge on any atom is -0.489 e. The van der Waals surface area contributed by atoms with E-state index in [-0.39, 0.29) is 30.7 Å². The van der Waals surface area contributed by atoms with Crippen LogP contribution in [0.25, 0.3) is 11.1 Å². The van der Waals surface area contributed by atoms with E-state index < -0.39 is 23.8 Å². The Labute approximate surface area is 241 Å². The van der Waals surface area contributed by atoms with Crippen LogP contribution in [0, 0.1) is 13.8 Å². The average Bonchev–Trinajstić information content (AvgIpc) is 3.31. The summed E-state index contributed by atoms with van der Waals surface area (Å²) in [4.78, 5) is 23.8. The zero-order valence-electron chi connectivity index (χ0n) is 22.0. The van der Waals surface area contributed by atoms with Gasteiger partial charge < -0.3 is 34.8 Å². The van der Waals surface area contributed by atoms with Gasteiger partial charge in [-0.1, -0.05) is 47.0 Å². The number of carboxylic acid groups (broad SMARTS) is 2. The predicted molar refractivity (Wildman–Crippen MR) is 150 cm³/mol. The van der Waals surface area contributed by atoms with E-state index >= 15 is 0 Å². The van der Waals surface area contributed by atoms with Gasteiger partial charge in [-0.25, -0.2) is 9.59 Å². The van der Waals surface area contributed by atoms with Crippen LogP contribution in [-0.4, -0.2) is 58.3 Å². The Bertz CT molecular complexity index is 1430. The monoisotopic (exact) mass is 589 g/mol. The van der Waals surface area contributed by atoms with Crippen molar-refractivity contribution in [2.24, 2.45) is 0 Å². The highest BCUT2D eigenvalue weighted by Gasteiger charge is 2.58. The predicted octanol–water partition coefficient (Wildman–Crippen LogP) is 4.87. The van der Waals surface area contributed by atoms with Crippen molar-refractivity contribution < 1.29 is 39.1 Å². The molecule has 1 aliphatic rings. The lowest BCUT2D eigenvalue weighted by Crippen LogP contribution is -2.54. The third-order valence-electron chi connectivity index (χ3n) is 6.41. The fourth-order valence-electron chi connectivity index (χ4n) is 4.37. The number of nitrogens with one attached hydrogen (secondary N) is 1. The van der Waals surface area contributed by atoms with Gasteiger partial charge in [-0.05, 0) is 68.7 Å². The second-order valence-electron chi connectivity index (χ2n) is 9.75. The van der Waals surface area contributed by atoms with Crippen LogP contribution in [0.5, 0.6) is 17.2 Å². The van der Waals surface area contributed by atoms with Crippen LogP contribution in [0.1, 0.15) is 23.6 Å². The lowest BCUT2D eigenvalue weighted by molar-refractivity contribution is -0.194. The number of aliphatic carboxylic acids is 2. The van der Waals surface area contributed by atoms with Crippen LogP contribution in [0.15, 0.2) is 48.5 Å². The Morgan fingerprint density at radius 2 is 1.62 bits per heavy atom. The van der Waals surface area contributed by atoms with Crippen molar-refractivity contribution >= 4 is 35.1 Å². The van der Waals surface area contributed by atoms with Gasteiger partial charge in [-0.15, -0.1) is 0 Å². The normalized spacial score (nSPS) is 14.9. The second-order valence-corrected chi connectivity index (χ2v) is 10.6. The van der Waals surface area contributed by atoms with Gasteiger partial charge >= 0.3 is 17.7 Å². The van der Waals surface area contributed by atoms with Gasteiger partial charge in [-0.2, -0.15) is 0 Å². The van der Waals surface area contributed by atoms with Gasteiger partial charge in [0.25, 0.3) is 0 Å². The standard InChI is InChI=1S/C29H29Cl2NO8/c1-15-4-7-21(30)20(10-15)25-18(6-9-23-26(25)40-29(39-23,27(34)35)28(36)37)12-17(3)32-13-19(33)14-38-24-11-16(2)5-8-22(24)31/h4-11,17,19,32-33H,12-14H2,1-3H3,(H,34,35)(H,36,37). The number of aliphatic hydroxyl groups is 1. The van der Waals surface area contributed by atoms with Crippen molar-refractivity contribution in [3.63, 3.8) is 0 Å². The van der Waals surface area contributed by atoms with Gasteiger partial charge in [0, 0.05) is 28.7 Å². The molecule has 0 aromatic heterocycles. The molecule has 1 heterocycles. The molecule has 0 radical (unpaired) electrons. The van der Waals surface area contributed by atoms with Crippen molar-refractivity contribution in [2.45, 2.75) is 45.1 Å². The zero-order chi connectivity index (χ0) is 29.2. The van der Waals surface area contributed by atoms with Gasteiger partial charge in [0.05, 0.1) is 5.02 Å². The van der Waals surface area contributed by atoms with E-state index in [1.54, 1.807) is 24.3 Å². The first kappa shape index (κ1) is 29.5. The Balaban J connectivity index is 1.55. The molecule has 0 saturated heterocycles. The quantitative estimate of drug-likeness (QED) is 0.231. The molecule has 0 saturated carbocycles. The summed E-state index contributed by atoms with van der Waals surface area (Å²) < 4.78 is 16.6. The smallest absolute Gasteiger partial charge is 0.453 e. The number of fused-ring (bicyclic) bond motifs is 1. The van der Waals surface area contributed by atoms with E-state index in [1.807, 2.05) is 39.0 Å². The molecule has 40 heavy (non-hydrogen) atoms. The molecular formula is C29H29Cl2NO8. The molecule has 0 bridgehead atoms. The highest BCUT2D eigenvalue weighted by Crippen LogP contribution is 2.50. The van der Waals surface area contributed by atoms with Gasteiger partial charge in [-0.3, -0.25) is 0 Å². The van der Waals surface area contributed by atoms with Gasteiger partial charge in [0.1, 0.15) is 18.5 Å². The Morgan fingerprint density at radius 1 is 0.975 bits per heavy atom. The molecule has 0 spiro atoms. The molecular weight excluding hydrogens is 561 g/mol. The number of ether oxygens (including phenoxy) is 3. The number of halogens is 2. The summed E-state index contributed by atoms with van der Waals surface area (Å²) in [7, 11) is 0. The van der Waals surface area contributed by atoms with E-state index in [1.165, 1.54) is 6.07 Å². The highest BCUT2D eigenvalue weighted by molar-refractivity contribution is 6.33. The summed E-state index contributed by atoms with van der Waals surface area (Å²) in [6.45, 7) is 5.95. The minimum atomic E-state index is -2.92. The van der Waals surface area contributed by atoms with E-state index in [0.717, 1.165) is 11.1 Å². The maximum absolute atomic E-state index is 11.9. The average molecular weight is 590 g/mol. The van der Waals surface area contributed by atoms with Crippen molar-refractivity contribution in [1.29, 1.82) is 0 Å². The summed E-state index contributed by atoms with van der Waals surface area (Å²) in [6, 6.07) is 13.7. The van der Waals surface area contributed by atoms with Gasteiger partial charge in [0.15, 0.2) is 11.5 Å². The molecule has 0 fully saturated rings. The van der Waals surface area contributed by atoms with Crippen molar-refractivity contribution in [2.75, 3.05) is 13.2 Å². The minimum absolute atomic E-state index is 0.0227. The van der Waals surface area contributed by atoms with Crippen LogP contribution < -0.4 is 19.5 Å². The summed E-state index contributed by atoms with van der Waals surface area (Å²) in [5, 5.41) is 33.8. The summed E-state index contributed by atoms with van der Waals surface area (Å²) in [5.74, 6) is -6.06. The van der Waals surface area contributed by atoms with Crippen LogP contribution in [0.2, 0.25) is 10.0 Å². The molecule has 2 unspecified atom stereocenters. The largest absolute Gasteiger partial charge is 0.489 e. The van der Waals surface area contributed by atoms with Gasteiger partial charge in [0.2, 0.25) is 0 Å². The number of rotatable bonds is 11. The molecule has 9 nitrogen and oxygen atoms in total. The molecule has 3 aromatic carbocycles. The van der Waals surface area contributed by atoms with Crippen LogP contribution in [0.4, 0.5) is 0 Å². The summed E-state index contributed by atoms with van der Waals surface area (Å²) in [5.41, 5.74) is 3.55. The Kier molecular flexibility index (Phi) is 8.80. The van der Waals surface area contributed by atoms with Crippen LogP contribution >= 0.6 is 23.2 Å². The first-order valence-electron chi connectivity index (χ1n) is 12.5. The number of aryl methyl sites for hydroxylation is 2. The molecule has 4 N–H and O–H groups in total. The maximum Gasteiger partial charge on any atom is 0.453 e. The number of carboxylic acids is 2. The number of carbonyl (C=O) groups is 2. The molecule has 0 aliphatic carbocycles. The molecule has 212 valence electrons. The Morgan fingerprint density at radius 3 is 2.30 bits per heavy atom.